The number of rotatable bonds is 2. The molecule has 1 saturated heterocycles. The molecule has 0 spiro atoms. The zero-order valence-electron chi connectivity index (χ0n) is 9.22. The first-order valence-electron chi connectivity index (χ1n) is 5.47. The summed E-state index contributed by atoms with van der Waals surface area (Å²) in [4.78, 5) is 6.86. The Labute approximate surface area is 99.5 Å². The van der Waals surface area contributed by atoms with Crippen LogP contribution in [0.15, 0.2) is 29.3 Å². The van der Waals surface area contributed by atoms with Gasteiger partial charge < -0.3 is 9.64 Å². The van der Waals surface area contributed by atoms with E-state index in [9.17, 15) is 0 Å². The molecule has 1 aromatic carbocycles. The van der Waals surface area contributed by atoms with Crippen LogP contribution in [0.1, 0.15) is 10.8 Å². The summed E-state index contributed by atoms with van der Waals surface area (Å²) in [5, 5.41) is 1.72. The van der Waals surface area contributed by atoms with Gasteiger partial charge in [0.15, 0.2) is 5.17 Å². The standard InChI is InChI=1S/C12H14N2OS/c1-15-10-4-2-3-9(7-10)11-8-14-6-5-13-12(14)16-11/h2-4,7,11H,5-6,8H2,1H3. The van der Waals surface area contributed by atoms with Crippen LogP contribution in [0.4, 0.5) is 0 Å². The van der Waals surface area contributed by atoms with Crippen molar-refractivity contribution in [3.63, 3.8) is 0 Å². The van der Waals surface area contributed by atoms with Gasteiger partial charge in [-0.1, -0.05) is 23.9 Å². The number of aliphatic imine (C=N–C) groups is 1. The lowest BCUT2D eigenvalue weighted by atomic mass is 10.1. The minimum Gasteiger partial charge on any atom is -0.497 e. The Hall–Kier alpha value is -1.16. The van der Waals surface area contributed by atoms with Crippen molar-refractivity contribution in [2.24, 2.45) is 4.99 Å². The molecule has 2 heterocycles. The first-order chi connectivity index (χ1) is 7.86. The summed E-state index contributed by atoms with van der Waals surface area (Å²) < 4.78 is 5.26. The number of hydrogen-bond acceptors (Lipinski definition) is 4. The van der Waals surface area contributed by atoms with Crippen molar-refractivity contribution in [3.05, 3.63) is 29.8 Å². The van der Waals surface area contributed by atoms with Crippen LogP contribution >= 0.6 is 11.8 Å². The molecule has 84 valence electrons. The fourth-order valence-electron chi connectivity index (χ4n) is 2.12. The SMILES string of the molecule is COc1cccc(C2CN3CCN=C3S2)c1. The van der Waals surface area contributed by atoms with Crippen molar-refractivity contribution in [1.29, 1.82) is 0 Å². The molecule has 3 nitrogen and oxygen atoms in total. The van der Waals surface area contributed by atoms with Gasteiger partial charge in [-0.3, -0.25) is 4.99 Å². The van der Waals surface area contributed by atoms with E-state index >= 15 is 0 Å². The van der Waals surface area contributed by atoms with Crippen molar-refractivity contribution in [2.45, 2.75) is 5.25 Å². The molecule has 0 N–H and O–H groups in total. The van der Waals surface area contributed by atoms with Gasteiger partial charge in [0.05, 0.1) is 18.9 Å². The lowest BCUT2D eigenvalue weighted by molar-refractivity contribution is 0.413. The van der Waals surface area contributed by atoms with E-state index in [1.165, 1.54) is 10.7 Å². The number of amidine groups is 1. The Morgan fingerprint density at radius 1 is 1.50 bits per heavy atom. The van der Waals surface area contributed by atoms with Gasteiger partial charge in [0, 0.05) is 13.1 Å². The maximum absolute atomic E-state index is 5.26. The predicted octanol–water partition coefficient (Wildman–Crippen LogP) is 2.15. The molecule has 1 atom stereocenters. The monoisotopic (exact) mass is 234 g/mol. The molecule has 2 aliphatic rings. The van der Waals surface area contributed by atoms with Gasteiger partial charge in [0.1, 0.15) is 5.75 Å². The zero-order valence-corrected chi connectivity index (χ0v) is 10.0. The van der Waals surface area contributed by atoms with Crippen molar-refractivity contribution < 1.29 is 4.74 Å². The van der Waals surface area contributed by atoms with Crippen molar-refractivity contribution in [3.8, 4) is 5.75 Å². The molecule has 0 aliphatic carbocycles. The summed E-state index contributed by atoms with van der Waals surface area (Å²) in [6.07, 6.45) is 0. The number of ether oxygens (including phenoxy) is 1. The van der Waals surface area contributed by atoms with Gasteiger partial charge in [-0.15, -0.1) is 0 Å². The minimum atomic E-state index is 0.508. The number of nitrogens with zero attached hydrogens (tertiary/aromatic N) is 2. The van der Waals surface area contributed by atoms with Crippen LogP contribution < -0.4 is 4.74 Å². The Kier molecular flexibility index (Phi) is 2.52. The van der Waals surface area contributed by atoms with E-state index < -0.39 is 0 Å². The average molecular weight is 234 g/mol. The quantitative estimate of drug-likeness (QED) is 0.784. The second-order valence-corrected chi connectivity index (χ2v) is 5.16. The molecule has 0 radical (unpaired) electrons. The average Bonchev–Trinajstić information content (AvgIpc) is 2.89. The number of methoxy groups -OCH3 is 1. The fraction of sp³-hybridized carbons (Fsp3) is 0.417. The minimum absolute atomic E-state index is 0.508. The van der Waals surface area contributed by atoms with Gasteiger partial charge in [-0.2, -0.15) is 0 Å². The first-order valence-corrected chi connectivity index (χ1v) is 6.35. The Morgan fingerprint density at radius 2 is 2.44 bits per heavy atom. The third-order valence-corrected chi connectivity index (χ3v) is 4.29. The molecule has 1 aromatic rings. The fourth-order valence-corrected chi connectivity index (χ4v) is 3.40. The van der Waals surface area contributed by atoms with Gasteiger partial charge in [0.2, 0.25) is 0 Å². The van der Waals surface area contributed by atoms with Crippen LogP contribution in [0.3, 0.4) is 0 Å². The van der Waals surface area contributed by atoms with Crippen LogP contribution in [0.2, 0.25) is 0 Å². The summed E-state index contributed by atoms with van der Waals surface area (Å²) in [5.41, 5.74) is 1.33. The molecular weight excluding hydrogens is 220 g/mol. The van der Waals surface area contributed by atoms with Crippen molar-refractivity contribution >= 4 is 16.9 Å². The van der Waals surface area contributed by atoms with Crippen LogP contribution in [0.5, 0.6) is 5.75 Å². The number of fused-ring (bicyclic) bond motifs is 1. The number of benzene rings is 1. The highest BCUT2D eigenvalue weighted by atomic mass is 32.2. The van der Waals surface area contributed by atoms with Crippen LogP contribution in [-0.4, -0.2) is 36.8 Å². The first kappa shape index (κ1) is 10.0. The molecule has 0 aromatic heterocycles. The maximum Gasteiger partial charge on any atom is 0.160 e. The van der Waals surface area contributed by atoms with Gasteiger partial charge in [0.25, 0.3) is 0 Å². The molecular formula is C12H14N2OS. The lowest BCUT2D eigenvalue weighted by Crippen LogP contribution is -2.21. The molecule has 0 amide bonds. The highest BCUT2D eigenvalue weighted by molar-refractivity contribution is 8.14. The molecule has 1 fully saturated rings. The van der Waals surface area contributed by atoms with E-state index in [1.807, 2.05) is 17.8 Å². The summed E-state index contributed by atoms with van der Waals surface area (Å²) in [6, 6.07) is 8.34. The van der Waals surface area contributed by atoms with E-state index in [-0.39, 0.29) is 0 Å². The normalized spacial score (nSPS) is 23.2. The molecule has 1 unspecified atom stereocenters. The molecule has 4 heteroatoms. The summed E-state index contributed by atoms with van der Waals surface area (Å²) in [7, 11) is 1.71. The molecule has 16 heavy (non-hydrogen) atoms. The lowest BCUT2D eigenvalue weighted by Gasteiger charge is -2.12. The predicted molar refractivity (Wildman–Crippen MR) is 67.2 cm³/mol. The van der Waals surface area contributed by atoms with Gasteiger partial charge in [-0.25, -0.2) is 0 Å². The second kappa shape index (κ2) is 4.01. The molecule has 2 aliphatic heterocycles. The molecule has 0 bridgehead atoms. The summed E-state index contributed by atoms with van der Waals surface area (Å²) in [5.74, 6) is 0.937. The summed E-state index contributed by atoms with van der Waals surface area (Å²) >= 11 is 1.87. The zero-order chi connectivity index (χ0) is 11.0. The number of hydrogen-bond donors (Lipinski definition) is 0. The molecule has 0 saturated carbocycles. The smallest absolute Gasteiger partial charge is 0.160 e. The maximum atomic E-state index is 5.26. The van der Waals surface area contributed by atoms with E-state index in [4.69, 9.17) is 4.74 Å². The van der Waals surface area contributed by atoms with E-state index in [2.05, 4.69) is 28.1 Å². The third-order valence-electron chi connectivity index (χ3n) is 2.99. The van der Waals surface area contributed by atoms with E-state index in [0.29, 0.717) is 5.25 Å². The van der Waals surface area contributed by atoms with Crippen LogP contribution in [0, 0.1) is 0 Å². The van der Waals surface area contributed by atoms with Crippen molar-refractivity contribution in [2.75, 3.05) is 26.7 Å². The van der Waals surface area contributed by atoms with Gasteiger partial charge >= 0.3 is 0 Å². The Morgan fingerprint density at radius 3 is 3.25 bits per heavy atom. The Bertz CT molecular complexity index is 433. The highest BCUT2D eigenvalue weighted by Gasteiger charge is 2.32. The van der Waals surface area contributed by atoms with Crippen molar-refractivity contribution in [1.82, 2.24) is 4.90 Å². The van der Waals surface area contributed by atoms with E-state index in [1.54, 1.807) is 7.11 Å². The topological polar surface area (TPSA) is 24.8 Å². The Balaban J connectivity index is 1.83. The largest absolute Gasteiger partial charge is 0.497 e. The second-order valence-electron chi connectivity index (χ2n) is 3.99. The van der Waals surface area contributed by atoms with E-state index in [0.717, 1.165) is 25.4 Å². The molecule has 3 rings (SSSR count). The van der Waals surface area contributed by atoms with Crippen LogP contribution in [0.25, 0.3) is 0 Å². The third kappa shape index (κ3) is 1.67. The van der Waals surface area contributed by atoms with Crippen LogP contribution in [-0.2, 0) is 0 Å². The number of thioether (sulfide) groups is 1. The highest BCUT2D eigenvalue weighted by Crippen LogP contribution is 2.40. The van der Waals surface area contributed by atoms with Gasteiger partial charge in [-0.05, 0) is 17.7 Å². The summed E-state index contributed by atoms with van der Waals surface area (Å²) in [6.45, 7) is 3.13.